The van der Waals surface area contributed by atoms with Crippen LogP contribution in [-0.4, -0.2) is 4.98 Å². The predicted molar refractivity (Wildman–Crippen MR) is 82.4 cm³/mol. The average molecular weight is 304 g/mol. The topological polar surface area (TPSA) is 24.9 Å². The van der Waals surface area contributed by atoms with Crippen molar-refractivity contribution in [2.75, 3.05) is 0 Å². The van der Waals surface area contributed by atoms with Gasteiger partial charge in [0.15, 0.2) is 0 Å². The number of hydrogen-bond donors (Lipinski definition) is 1. The van der Waals surface area contributed by atoms with Crippen LogP contribution in [0.3, 0.4) is 0 Å². The number of nitrogens with zero attached hydrogens (tertiary/aromatic N) is 1. The van der Waals surface area contributed by atoms with Crippen LogP contribution in [0.25, 0.3) is 10.4 Å². The summed E-state index contributed by atoms with van der Waals surface area (Å²) in [5.74, 6) is -0.200. The average Bonchev–Trinajstić information content (AvgIpc) is 3.11. The number of halogens is 1. The highest BCUT2D eigenvalue weighted by Crippen LogP contribution is 2.28. The lowest BCUT2D eigenvalue weighted by atomic mass is 10.2. The van der Waals surface area contributed by atoms with E-state index in [-0.39, 0.29) is 5.82 Å². The minimum atomic E-state index is -0.200. The lowest BCUT2D eigenvalue weighted by molar-refractivity contribution is 0.631. The van der Waals surface area contributed by atoms with Crippen molar-refractivity contribution in [3.8, 4) is 10.4 Å². The van der Waals surface area contributed by atoms with Crippen molar-refractivity contribution in [1.82, 2.24) is 10.3 Å². The molecule has 0 spiro atoms. The van der Waals surface area contributed by atoms with Crippen molar-refractivity contribution in [3.05, 3.63) is 63.7 Å². The van der Waals surface area contributed by atoms with E-state index in [1.807, 2.05) is 12.1 Å². The molecule has 5 heteroatoms. The summed E-state index contributed by atoms with van der Waals surface area (Å²) in [6.07, 6.45) is 1.74. The molecule has 2 nitrogen and oxygen atoms in total. The Balaban J connectivity index is 1.64. The molecule has 0 saturated carbocycles. The van der Waals surface area contributed by atoms with Crippen LogP contribution in [0, 0.1) is 5.82 Å². The second kappa shape index (κ2) is 6.26. The van der Waals surface area contributed by atoms with E-state index >= 15 is 0 Å². The zero-order chi connectivity index (χ0) is 13.8. The monoisotopic (exact) mass is 304 g/mol. The fraction of sp³-hybridized carbons (Fsp3) is 0.133. The second-order valence-electron chi connectivity index (χ2n) is 4.28. The number of aromatic nitrogens is 1. The summed E-state index contributed by atoms with van der Waals surface area (Å²) in [6, 6.07) is 10.9. The van der Waals surface area contributed by atoms with Gasteiger partial charge < -0.3 is 5.32 Å². The van der Waals surface area contributed by atoms with Crippen molar-refractivity contribution in [2.24, 2.45) is 0 Å². The molecule has 0 bridgehead atoms. The number of nitrogens with one attached hydrogen (secondary N) is 1. The normalized spacial score (nSPS) is 10.8. The van der Waals surface area contributed by atoms with Gasteiger partial charge in [-0.05, 0) is 17.5 Å². The van der Waals surface area contributed by atoms with E-state index in [1.54, 1.807) is 29.7 Å². The molecular weight excluding hydrogens is 291 g/mol. The molecule has 0 amide bonds. The van der Waals surface area contributed by atoms with Gasteiger partial charge >= 0.3 is 0 Å². The molecule has 0 aliphatic carbocycles. The molecule has 0 atom stereocenters. The molecule has 0 aliphatic rings. The summed E-state index contributed by atoms with van der Waals surface area (Å²) in [4.78, 5) is 6.52. The van der Waals surface area contributed by atoms with Crippen LogP contribution in [0.5, 0.6) is 0 Å². The van der Waals surface area contributed by atoms with Crippen LogP contribution in [0.2, 0.25) is 0 Å². The third kappa shape index (κ3) is 3.12. The van der Waals surface area contributed by atoms with Crippen molar-refractivity contribution in [1.29, 1.82) is 0 Å². The lowest BCUT2D eigenvalue weighted by Crippen LogP contribution is -2.11. The molecule has 1 N–H and O–H groups in total. The van der Waals surface area contributed by atoms with E-state index in [0.717, 1.165) is 16.4 Å². The summed E-state index contributed by atoms with van der Waals surface area (Å²) < 4.78 is 13.7. The Labute approximate surface area is 124 Å². The molecule has 3 rings (SSSR count). The molecule has 102 valence electrons. The standard InChI is InChI=1S/C15H13FN2S2/c16-13-6-2-1-5-12(13)14-9-18-15(20-14)10-17-8-11-4-3-7-19-11/h1-7,9,17H,8,10H2. The molecule has 0 aliphatic heterocycles. The van der Waals surface area contributed by atoms with Gasteiger partial charge in [0.25, 0.3) is 0 Å². The fourth-order valence-electron chi connectivity index (χ4n) is 1.88. The maximum atomic E-state index is 13.7. The number of hydrogen-bond acceptors (Lipinski definition) is 4. The van der Waals surface area contributed by atoms with Gasteiger partial charge in [-0.25, -0.2) is 9.37 Å². The largest absolute Gasteiger partial charge is 0.306 e. The molecule has 20 heavy (non-hydrogen) atoms. The van der Waals surface area contributed by atoms with Crippen molar-refractivity contribution < 1.29 is 4.39 Å². The highest BCUT2D eigenvalue weighted by atomic mass is 32.1. The first-order chi connectivity index (χ1) is 9.83. The van der Waals surface area contributed by atoms with Gasteiger partial charge in [-0.15, -0.1) is 22.7 Å². The first-order valence-corrected chi connectivity index (χ1v) is 7.95. The summed E-state index contributed by atoms with van der Waals surface area (Å²) in [5, 5.41) is 6.39. The van der Waals surface area contributed by atoms with Gasteiger partial charge in [-0.2, -0.15) is 0 Å². The summed E-state index contributed by atoms with van der Waals surface area (Å²) in [5.41, 5.74) is 0.620. The minimum Gasteiger partial charge on any atom is -0.306 e. The van der Waals surface area contributed by atoms with Crippen LogP contribution < -0.4 is 5.32 Å². The van der Waals surface area contributed by atoms with Gasteiger partial charge in [-0.3, -0.25) is 0 Å². The molecule has 3 aromatic rings. The number of rotatable bonds is 5. The molecule has 0 fully saturated rings. The summed E-state index contributed by atoms with van der Waals surface area (Å²) in [7, 11) is 0. The Hall–Kier alpha value is -1.56. The highest BCUT2D eigenvalue weighted by molar-refractivity contribution is 7.15. The van der Waals surface area contributed by atoms with Gasteiger partial charge in [0.1, 0.15) is 10.8 Å². The van der Waals surface area contributed by atoms with Crippen molar-refractivity contribution in [3.63, 3.8) is 0 Å². The number of thiophene rings is 1. The van der Waals surface area contributed by atoms with E-state index in [9.17, 15) is 4.39 Å². The van der Waals surface area contributed by atoms with Crippen LogP contribution in [0.4, 0.5) is 4.39 Å². The molecular formula is C15H13FN2S2. The SMILES string of the molecule is Fc1ccccc1-c1cnc(CNCc2cccs2)s1. The first kappa shape index (κ1) is 13.4. The van der Waals surface area contributed by atoms with Gasteiger partial charge in [0, 0.05) is 29.7 Å². The van der Waals surface area contributed by atoms with Crippen LogP contribution in [0.15, 0.2) is 48.0 Å². The minimum absolute atomic E-state index is 0.200. The number of benzene rings is 1. The smallest absolute Gasteiger partial charge is 0.131 e. The molecule has 2 heterocycles. The fourth-order valence-corrected chi connectivity index (χ4v) is 3.47. The Morgan fingerprint density at radius 3 is 2.80 bits per heavy atom. The van der Waals surface area contributed by atoms with Crippen LogP contribution >= 0.6 is 22.7 Å². The van der Waals surface area contributed by atoms with E-state index in [1.165, 1.54) is 22.3 Å². The molecule has 0 saturated heterocycles. The van der Waals surface area contributed by atoms with Crippen molar-refractivity contribution in [2.45, 2.75) is 13.1 Å². The number of thiazole rings is 1. The second-order valence-corrected chi connectivity index (χ2v) is 6.43. The Morgan fingerprint density at radius 2 is 2.00 bits per heavy atom. The maximum Gasteiger partial charge on any atom is 0.131 e. The lowest BCUT2D eigenvalue weighted by Gasteiger charge is -1.99. The first-order valence-electron chi connectivity index (χ1n) is 6.25. The van der Waals surface area contributed by atoms with Gasteiger partial charge in [0.2, 0.25) is 0 Å². The van der Waals surface area contributed by atoms with Gasteiger partial charge in [-0.1, -0.05) is 24.3 Å². The quantitative estimate of drug-likeness (QED) is 0.760. The van der Waals surface area contributed by atoms with E-state index < -0.39 is 0 Å². The Kier molecular flexibility index (Phi) is 4.20. The van der Waals surface area contributed by atoms with E-state index in [4.69, 9.17) is 0 Å². The molecule has 0 radical (unpaired) electrons. The molecule has 1 aromatic carbocycles. The Bertz CT molecular complexity index is 677. The zero-order valence-electron chi connectivity index (χ0n) is 10.7. The molecule has 2 aromatic heterocycles. The summed E-state index contributed by atoms with van der Waals surface area (Å²) in [6.45, 7) is 1.54. The third-order valence-electron chi connectivity index (χ3n) is 2.85. The van der Waals surface area contributed by atoms with Crippen LogP contribution in [0.1, 0.15) is 9.88 Å². The summed E-state index contributed by atoms with van der Waals surface area (Å²) >= 11 is 3.26. The third-order valence-corrected chi connectivity index (χ3v) is 4.76. The van der Waals surface area contributed by atoms with E-state index in [0.29, 0.717) is 12.1 Å². The van der Waals surface area contributed by atoms with Crippen molar-refractivity contribution >= 4 is 22.7 Å². The zero-order valence-corrected chi connectivity index (χ0v) is 12.3. The van der Waals surface area contributed by atoms with Gasteiger partial charge in [0.05, 0.1) is 4.88 Å². The Morgan fingerprint density at radius 1 is 1.10 bits per heavy atom. The maximum absolute atomic E-state index is 13.7. The molecule has 0 unspecified atom stereocenters. The van der Waals surface area contributed by atoms with E-state index in [2.05, 4.69) is 21.7 Å². The predicted octanol–water partition coefficient (Wildman–Crippen LogP) is 4.30. The highest BCUT2D eigenvalue weighted by Gasteiger charge is 2.08. The van der Waals surface area contributed by atoms with Crippen LogP contribution in [-0.2, 0) is 13.1 Å².